The number of carbonyl (C=O) groups is 1. The van der Waals surface area contributed by atoms with E-state index in [2.05, 4.69) is 0 Å². The molecule has 1 aromatic rings. The highest BCUT2D eigenvalue weighted by atomic mass is 19.4. The van der Waals surface area contributed by atoms with E-state index in [0.717, 1.165) is 18.9 Å². The summed E-state index contributed by atoms with van der Waals surface area (Å²) in [6.45, 7) is 3.98. The molecule has 4 nitrogen and oxygen atoms in total. The number of hydrogen-bond acceptors (Lipinski definition) is 3. The minimum atomic E-state index is -4.59. The highest BCUT2D eigenvalue weighted by molar-refractivity contribution is 5.98. The number of amides is 1. The molecule has 1 aliphatic heterocycles. The summed E-state index contributed by atoms with van der Waals surface area (Å²) in [6.07, 6.45) is -1.94. The largest absolute Gasteiger partial charge is 0.494 e. The van der Waals surface area contributed by atoms with Crippen LogP contribution in [-0.2, 0) is 17.4 Å². The Bertz CT molecular complexity index is 692. The fourth-order valence-corrected chi connectivity index (χ4v) is 3.79. The predicted molar refractivity (Wildman–Crippen MR) is 91.3 cm³/mol. The van der Waals surface area contributed by atoms with Crippen LogP contribution in [0.2, 0.25) is 0 Å². The standard InChI is InChI=1S/C19H24F3NO3/c1-3-4-7-26-14-8-12-5-6-16(24)23(13-10-18(2,25)11-13)17(12)15(9-14)19(20,21)22/h8-9,13,25H,3-7,10-11H2,1-2H3. The smallest absolute Gasteiger partial charge is 0.418 e. The van der Waals surface area contributed by atoms with E-state index in [1.54, 1.807) is 13.0 Å². The highest BCUT2D eigenvalue weighted by Gasteiger charge is 2.48. The molecule has 7 heteroatoms. The van der Waals surface area contributed by atoms with Crippen LogP contribution in [0.4, 0.5) is 18.9 Å². The first-order valence-electron chi connectivity index (χ1n) is 9.04. The number of aliphatic hydroxyl groups is 1. The van der Waals surface area contributed by atoms with Gasteiger partial charge in [0.25, 0.3) is 0 Å². The van der Waals surface area contributed by atoms with Gasteiger partial charge in [-0.3, -0.25) is 4.79 Å². The van der Waals surface area contributed by atoms with Gasteiger partial charge in [0.2, 0.25) is 5.91 Å². The Morgan fingerprint density at radius 1 is 1.31 bits per heavy atom. The highest BCUT2D eigenvalue weighted by Crippen LogP contribution is 2.47. The Kier molecular flexibility index (Phi) is 4.94. The van der Waals surface area contributed by atoms with Crippen molar-refractivity contribution in [3.8, 4) is 5.75 Å². The van der Waals surface area contributed by atoms with Crippen molar-refractivity contribution in [2.24, 2.45) is 0 Å². The van der Waals surface area contributed by atoms with Gasteiger partial charge in [0.05, 0.1) is 23.5 Å². The topological polar surface area (TPSA) is 49.8 Å². The third-order valence-electron chi connectivity index (χ3n) is 5.07. The molecular formula is C19H24F3NO3. The van der Waals surface area contributed by atoms with E-state index in [-0.39, 0.29) is 43.0 Å². The molecule has 1 aliphatic carbocycles. The molecule has 0 radical (unpaired) electrons. The van der Waals surface area contributed by atoms with E-state index in [4.69, 9.17) is 4.74 Å². The van der Waals surface area contributed by atoms with Gasteiger partial charge in [-0.15, -0.1) is 0 Å². The summed E-state index contributed by atoms with van der Waals surface area (Å²) in [5, 5.41) is 9.96. The molecule has 144 valence electrons. The Morgan fingerprint density at radius 3 is 2.58 bits per heavy atom. The lowest BCUT2D eigenvalue weighted by atomic mass is 9.75. The van der Waals surface area contributed by atoms with Gasteiger partial charge in [0.15, 0.2) is 0 Å². The lowest BCUT2D eigenvalue weighted by Gasteiger charge is -2.48. The molecule has 1 amide bonds. The summed E-state index contributed by atoms with van der Waals surface area (Å²) in [5.41, 5.74) is -1.33. The van der Waals surface area contributed by atoms with E-state index in [9.17, 15) is 23.1 Å². The first-order valence-corrected chi connectivity index (χ1v) is 9.04. The molecule has 26 heavy (non-hydrogen) atoms. The number of benzene rings is 1. The van der Waals surface area contributed by atoms with Crippen molar-refractivity contribution >= 4 is 11.6 Å². The molecular weight excluding hydrogens is 347 g/mol. The third-order valence-corrected chi connectivity index (χ3v) is 5.07. The van der Waals surface area contributed by atoms with Crippen LogP contribution in [0.3, 0.4) is 0 Å². The van der Waals surface area contributed by atoms with Gasteiger partial charge in [-0.2, -0.15) is 13.2 Å². The van der Waals surface area contributed by atoms with Crippen LogP contribution in [0.1, 0.15) is 57.1 Å². The van der Waals surface area contributed by atoms with Crippen LogP contribution in [-0.4, -0.2) is 29.3 Å². The second-order valence-electron chi connectivity index (χ2n) is 7.50. The van der Waals surface area contributed by atoms with Crippen molar-refractivity contribution in [2.75, 3.05) is 11.5 Å². The molecule has 0 unspecified atom stereocenters. The molecule has 0 aromatic heterocycles. The van der Waals surface area contributed by atoms with Crippen LogP contribution in [0.5, 0.6) is 5.75 Å². The zero-order chi connectivity index (χ0) is 19.1. The molecule has 0 bridgehead atoms. The maximum absolute atomic E-state index is 13.7. The van der Waals surface area contributed by atoms with Gasteiger partial charge in [-0.1, -0.05) is 13.3 Å². The van der Waals surface area contributed by atoms with Crippen LogP contribution in [0.15, 0.2) is 12.1 Å². The number of unbranched alkanes of at least 4 members (excludes halogenated alkanes) is 1. The van der Waals surface area contributed by atoms with Gasteiger partial charge in [-0.05, 0) is 50.3 Å². The molecule has 0 atom stereocenters. The first-order chi connectivity index (χ1) is 12.1. The quantitative estimate of drug-likeness (QED) is 0.794. The SMILES string of the molecule is CCCCOc1cc2c(c(C(F)(F)F)c1)N(C1CC(C)(O)C1)C(=O)CC2. The second kappa shape index (κ2) is 6.76. The summed E-state index contributed by atoms with van der Waals surface area (Å²) in [7, 11) is 0. The summed E-state index contributed by atoms with van der Waals surface area (Å²) in [4.78, 5) is 13.7. The van der Waals surface area contributed by atoms with E-state index >= 15 is 0 Å². The molecule has 3 rings (SSSR count). The monoisotopic (exact) mass is 371 g/mol. The summed E-state index contributed by atoms with van der Waals surface area (Å²) in [6, 6.07) is 2.22. The van der Waals surface area contributed by atoms with Crippen LogP contribution >= 0.6 is 0 Å². The Labute approximate surface area is 150 Å². The number of nitrogens with zero attached hydrogens (tertiary/aromatic N) is 1. The molecule has 0 saturated heterocycles. The number of aryl methyl sites for hydroxylation is 1. The van der Waals surface area contributed by atoms with Crippen molar-refractivity contribution in [1.29, 1.82) is 0 Å². The van der Waals surface area contributed by atoms with Crippen LogP contribution in [0.25, 0.3) is 0 Å². The number of anilines is 1. The molecule has 1 heterocycles. The van der Waals surface area contributed by atoms with E-state index < -0.39 is 23.4 Å². The number of alkyl halides is 3. The fraction of sp³-hybridized carbons (Fsp3) is 0.632. The molecule has 1 fully saturated rings. The Balaban J connectivity index is 2.01. The van der Waals surface area contributed by atoms with Crippen molar-refractivity contribution in [2.45, 2.75) is 70.2 Å². The van der Waals surface area contributed by atoms with Crippen molar-refractivity contribution in [3.63, 3.8) is 0 Å². The second-order valence-corrected chi connectivity index (χ2v) is 7.50. The first kappa shape index (κ1) is 19.0. The maximum Gasteiger partial charge on any atom is 0.418 e. The minimum absolute atomic E-state index is 0.0582. The lowest BCUT2D eigenvalue weighted by molar-refractivity contribution is -0.137. The average Bonchev–Trinajstić information content (AvgIpc) is 2.51. The molecule has 1 saturated carbocycles. The van der Waals surface area contributed by atoms with Crippen molar-refractivity contribution in [1.82, 2.24) is 0 Å². The predicted octanol–water partition coefficient (Wildman–Crippen LogP) is 4.08. The number of ether oxygens (including phenoxy) is 1. The lowest BCUT2D eigenvalue weighted by Crippen LogP contribution is -2.57. The maximum atomic E-state index is 13.7. The Morgan fingerprint density at radius 2 is 2.00 bits per heavy atom. The van der Waals surface area contributed by atoms with Gasteiger partial charge in [0.1, 0.15) is 5.75 Å². The van der Waals surface area contributed by atoms with E-state index in [1.807, 2.05) is 6.92 Å². The molecule has 2 aliphatic rings. The average molecular weight is 371 g/mol. The minimum Gasteiger partial charge on any atom is -0.494 e. The molecule has 1 aromatic carbocycles. The number of hydrogen-bond donors (Lipinski definition) is 1. The molecule has 0 spiro atoms. The summed E-state index contributed by atoms with van der Waals surface area (Å²) < 4.78 is 46.7. The Hall–Kier alpha value is -1.76. The van der Waals surface area contributed by atoms with Gasteiger partial charge < -0.3 is 14.7 Å². The van der Waals surface area contributed by atoms with Crippen LogP contribution in [0, 0.1) is 0 Å². The van der Waals surface area contributed by atoms with E-state index in [1.165, 1.54) is 4.90 Å². The van der Waals surface area contributed by atoms with Gasteiger partial charge >= 0.3 is 6.18 Å². The summed E-state index contributed by atoms with van der Waals surface area (Å²) >= 11 is 0. The van der Waals surface area contributed by atoms with Crippen molar-refractivity contribution in [3.05, 3.63) is 23.3 Å². The third kappa shape index (κ3) is 3.68. The zero-order valence-corrected chi connectivity index (χ0v) is 15.0. The zero-order valence-electron chi connectivity index (χ0n) is 15.0. The summed E-state index contributed by atoms with van der Waals surface area (Å²) in [5.74, 6) is -0.123. The molecule has 1 N–H and O–H groups in total. The number of carbonyl (C=O) groups excluding carboxylic acids is 1. The number of rotatable bonds is 5. The number of fused-ring (bicyclic) bond motifs is 1. The van der Waals surface area contributed by atoms with E-state index in [0.29, 0.717) is 12.2 Å². The fourth-order valence-electron chi connectivity index (χ4n) is 3.79. The van der Waals surface area contributed by atoms with Crippen molar-refractivity contribution < 1.29 is 27.8 Å². The van der Waals surface area contributed by atoms with Gasteiger partial charge in [-0.25, -0.2) is 0 Å². The van der Waals surface area contributed by atoms with Crippen LogP contribution < -0.4 is 9.64 Å². The number of halogens is 3. The normalized spacial score (nSPS) is 25.7. The van der Waals surface area contributed by atoms with Gasteiger partial charge in [0, 0.05) is 12.5 Å².